The third-order valence-corrected chi connectivity index (χ3v) is 4.41. The molecule has 1 rings (SSSR count). The molecule has 18 heavy (non-hydrogen) atoms. The minimum Gasteiger partial charge on any atom is -0.389 e. The zero-order chi connectivity index (χ0) is 13.9. The highest BCUT2D eigenvalue weighted by Gasteiger charge is 2.20. The molecule has 0 aliphatic heterocycles. The summed E-state index contributed by atoms with van der Waals surface area (Å²) in [5.41, 5.74) is 6.56. The third kappa shape index (κ3) is 3.66. The summed E-state index contributed by atoms with van der Waals surface area (Å²) in [4.78, 5) is 0.230. The van der Waals surface area contributed by atoms with Gasteiger partial charge in [-0.3, -0.25) is 4.72 Å². The van der Waals surface area contributed by atoms with Crippen molar-refractivity contribution in [3.8, 4) is 0 Å². The van der Waals surface area contributed by atoms with Crippen molar-refractivity contribution in [1.82, 2.24) is 4.31 Å². The minimum atomic E-state index is -3.56. The maximum absolute atomic E-state index is 12.0. The molecule has 0 heterocycles. The van der Waals surface area contributed by atoms with Gasteiger partial charge in [-0.15, -0.1) is 0 Å². The fourth-order valence-electron chi connectivity index (χ4n) is 1.23. The highest BCUT2D eigenvalue weighted by Crippen LogP contribution is 2.14. The normalized spacial score (nSPS) is 11.8. The molecule has 0 aromatic heterocycles. The quantitative estimate of drug-likeness (QED) is 0.801. The number of nitrogens with one attached hydrogen (secondary N) is 1. The van der Waals surface area contributed by atoms with Gasteiger partial charge in [0.2, 0.25) is 0 Å². The fourth-order valence-corrected chi connectivity index (χ4v) is 2.49. The first kappa shape index (κ1) is 14.9. The second-order valence-electron chi connectivity index (χ2n) is 4.16. The Balaban J connectivity index is 2.98. The van der Waals surface area contributed by atoms with E-state index in [4.69, 9.17) is 18.0 Å². The van der Waals surface area contributed by atoms with E-state index in [-0.39, 0.29) is 11.0 Å². The second kappa shape index (κ2) is 5.64. The minimum absolute atomic E-state index is 0.124. The van der Waals surface area contributed by atoms with Gasteiger partial charge in [-0.1, -0.05) is 24.4 Å². The van der Waals surface area contributed by atoms with E-state index in [1.165, 1.54) is 11.4 Å². The van der Waals surface area contributed by atoms with E-state index in [0.717, 1.165) is 0 Å². The van der Waals surface area contributed by atoms with E-state index < -0.39 is 10.2 Å². The Morgan fingerprint density at radius 3 is 2.56 bits per heavy atom. The van der Waals surface area contributed by atoms with Crippen molar-refractivity contribution < 1.29 is 8.42 Å². The molecule has 1 aromatic rings. The van der Waals surface area contributed by atoms with Crippen LogP contribution in [0.3, 0.4) is 0 Å². The van der Waals surface area contributed by atoms with Crippen LogP contribution in [0.5, 0.6) is 0 Å². The van der Waals surface area contributed by atoms with Gasteiger partial charge in [-0.25, -0.2) is 0 Å². The molecular weight excluding hydrogens is 270 g/mol. The van der Waals surface area contributed by atoms with Gasteiger partial charge in [-0.05, 0) is 26.0 Å². The number of benzene rings is 1. The average Bonchev–Trinajstić information content (AvgIpc) is 2.27. The van der Waals surface area contributed by atoms with Gasteiger partial charge in [-0.2, -0.15) is 12.7 Å². The first-order valence-corrected chi connectivity index (χ1v) is 7.24. The van der Waals surface area contributed by atoms with Gasteiger partial charge in [0.1, 0.15) is 4.99 Å². The Hall–Kier alpha value is -1.18. The molecule has 0 amide bonds. The largest absolute Gasteiger partial charge is 0.389 e. The molecule has 5 nitrogen and oxygen atoms in total. The highest BCUT2D eigenvalue weighted by atomic mass is 32.2. The van der Waals surface area contributed by atoms with Crippen LogP contribution >= 0.6 is 12.2 Å². The molecule has 0 saturated carbocycles. The van der Waals surface area contributed by atoms with Gasteiger partial charge in [0.15, 0.2) is 0 Å². The van der Waals surface area contributed by atoms with E-state index in [2.05, 4.69) is 4.72 Å². The van der Waals surface area contributed by atoms with Crippen LogP contribution in [0, 0.1) is 0 Å². The van der Waals surface area contributed by atoms with Crippen LogP contribution < -0.4 is 10.5 Å². The number of thiocarbonyl (C=S) groups is 1. The van der Waals surface area contributed by atoms with Crippen LogP contribution in [0.4, 0.5) is 5.69 Å². The van der Waals surface area contributed by atoms with Crippen LogP contribution in [0.1, 0.15) is 19.4 Å². The first-order valence-electron chi connectivity index (χ1n) is 5.39. The molecule has 100 valence electrons. The molecule has 0 aliphatic carbocycles. The summed E-state index contributed by atoms with van der Waals surface area (Å²) in [6.07, 6.45) is 0. The number of rotatable bonds is 5. The van der Waals surface area contributed by atoms with Crippen LogP contribution in [0.25, 0.3) is 0 Å². The van der Waals surface area contributed by atoms with Crippen LogP contribution in [0.15, 0.2) is 24.3 Å². The summed E-state index contributed by atoms with van der Waals surface area (Å²) in [6, 6.07) is 6.55. The van der Waals surface area contributed by atoms with E-state index in [9.17, 15) is 8.42 Å². The van der Waals surface area contributed by atoms with Crippen LogP contribution in [0.2, 0.25) is 0 Å². The lowest BCUT2D eigenvalue weighted by Crippen LogP contribution is -2.37. The lowest BCUT2D eigenvalue weighted by Gasteiger charge is -2.21. The molecule has 0 unspecified atom stereocenters. The predicted octanol–water partition coefficient (Wildman–Crippen LogP) is 1.32. The smallest absolute Gasteiger partial charge is 0.301 e. The summed E-state index contributed by atoms with van der Waals surface area (Å²) in [5.74, 6) is 0. The van der Waals surface area contributed by atoms with Gasteiger partial charge in [0.25, 0.3) is 0 Å². The van der Waals surface area contributed by atoms with Crippen molar-refractivity contribution >= 4 is 33.1 Å². The summed E-state index contributed by atoms with van der Waals surface area (Å²) in [7, 11) is -2.04. The Morgan fingerprint density at radius 2 is 2.06 bits per heavy atom. The van der Waals surface area contributed by atoms with Gasteiger partial charge in [0.05, 0.1) is 5.69 Å². The summed E-state index contributed by atoms with van der Waals surface area (Å²) >= 11 is 4.85. The summed E-state index contributed by atoms with van der Waals surface area (Å²) in [6.45, 7) is 3.59. The zero-order valence-electron chi connectivity index (χ0n) is 10.5. The number of nitrogens with two attached hydrogens (primary N) is 1. The molecule has 0 spiro atoms. The molecular formula is C11H17N3O2S2. The SMILES string of the molecule is CC(C)N(C)S(=O)(=O)Nc1cccc(C(N)=S)c1. The Morgan fingerprint density at radius 1 is 1.44 bits per heavy atom. The Labute approximate surface area is 113 Å². The molecule has 0 radical (unpaired) electrons. The number of nitrogens with zero attached hydrogens (tertiary/aromatic N) is 1. The third-order valence-electron chi connectivity index (χ3n) is 2.50. The second-order valence-corrected chi connectivity index (χ2v) is 6.33. The summed E-state index contributed by atoms with van der Waals surface area (Å²) in [5, 5.41) is 0. The van der Waals surface area contributed by atoms with E-state index >= 15 is 0 Å². The van der Waals surface area contributed by atoms with Gasteiger partial charge in [0, 0.05) is 18.7 Å². The maximum atomic E-state index is 12.0. The average molecular weight is 287 g/mol. The molecule has 0 atom stereocenters. The lowest BCUT2D eigenvalue weighted by atomic mass is 10.2. The molecule has 3 N–H and O–H groups in total. The predicted molar refractivity (Wildman–Crippen MR) is 77.8 cm³/mol. The molecule has 0 bridgehead atoms. The summed E-state index contributed by atoms with van der Waals surface area (Å²) < 4.78 is 27.7. The Bertz CT molecular complexity index is 541. The van der Waals surface area contributed by atoms with Crippen molar-refractivity contribution in [2.24, 2.45) is 5.73 Å². The molecule has 1 aromatic carbocycles. The van der Waals surface area contributed by atoms with Gasteiger partial charge < -0.3 is 5.73 Å². The molecule has 0 aliphatic rings. The molecule has 0 fully saturated rings. The van der Waals surface area contributed by atoms with Crippen LogP contribution in [-0.2, 0) is 10.2 Å². The van der Waals surface area contributed by atoms with Crippen molar-refractivity contribution in [2.45, 2.75) is 19.9 Å². The first-order chi connectivity index (χ1) is 8.24. The number of hydrogen-bond acceptors (Lipinski definition) is 3. The van der Waals surface area contributed by atoms with Gasteiger partial charge >= 0.3 is 10.2 Å². The molecule has 7 heteroatoms. The molecule has 0 saturated heterocycles. The zero-order valence-corrected chi connectivity index (χ0v) is 12.2. The van der Waals surface area contributed by atoms with Crippen molar-refractivity contribution in [3.63, 3.8) is 0 Å². The lowest BCUT2D eigenvalue weighted by molar-refractivity contribution is 0.414. The standard InChI is InChI=1S/C11H17N3O2S2/c1-8(2)14(3)18(15,16)13-10-6-4-5-9(7-10)11(12)17/h4-8,13H,1-3H3,(H2,12,17). The van der Waals surface area contributed by atoms with E-state index in [1.807, 2.05) is 0 Å². The maximum Gasteiger partial charge on any atom is 0.301 e. The van der Waals surface area contributed by atoms with E-state index in [1.54, 1.807) is 38.1 Å². The fraction of sp³-hybridized carbons (Fsp3) is 0.364. The topological polar surface area (TPSA) is 75.4 Å². The van der Waals surface area contributed by atoms with E-state index in [0.29, 0.717) is 11.3 Å². The monoisotopic (exact) mass is 287 g/mol. The Kier molecular flexibility index (Phi) is 4.66. The van der Waals surface area contributed by atoms with Crippen LogP contribution in [-0.4, -0.2) is 30.8 Å². The number of hydrogen-bond donors (Lipinski definition) is 2. The number of anilines is 1. The van der Waals surface area contributed by atoms with Crippen molar-refractivity contribution in [3.05, 3.63) is 29.8 Å². The van der Waals surface area contributed by atoms with Crippen molar-refractivity contribution in [1.29, 1.82) is 0 Å². The highest BCUT2D eigenvalue weighted by molar-refractivity contribution is 7.90. The van der Waals surface area contributed by atoms with Crippen molar-refractivity contribution in [2.75, 3.05) is 11.8 Å².